The van der Waals surface area contributed by atoms with E-state index in [0.717, 1.165) is 42.9 Å². The molecule has 122 valence electrons. The molecule has 0 atom stereocenters. The number of hydrogen-bond acceptors (Lipinski definition) is 4. The highest BCUT2D eigenvalue weighted by molar-refractivity contribution is 6.12. The van der Waals surface area contributed by atoms with Crippen LogP contribution in [-0.4, -0.2) is 42.1 Å². The highest BCUT2D eigenvalue weighted by Crippen LogP contribution is 2.20. The van der Waals surface area contributed by atoms with Crippen LogP contribution in [0.1, 0.15) is 10.4 Å². The number of amides is 1. The molecule has 4 rings (SSSR count). The first kappa shape index (κ1) is 14.7. The number of anilines is 2. The van der Waals surface area contributed by atoms with Gasteiger partial charge in [0.1, 0.15) is 5.82 Å². The van der Waals surface area contributed by atoms with Crippen molar-refractivity contribution in [3.8, 4) is 0 Å². The summed E-state index contributed by atoms with van der Waals surface area (Å²) < 4.78 is 0. The number of aromatic nitrogens is 2. The van der Waals surface area contributed by atoms with Crippen molar-refractivity contribution in [3.05, 3.63) is 54.4 Å². The van der Waals surface area contributed by atoms with Crippen LogP contribution in [0.3, 0.4) is 0 Å². The Kier molecular flexibility index (Phi) is 3.88. The summed E-state index contributed by atoms with van der Waals surface area (Å²) in [5.74, 6) is 0.819. The summed E-state index contributed by atoms with van der Waals surface area (Å²) in [6.07, 6.45) is 3.55. The maximum absolute atomic E-state index is 12.5. The second-order valence-electron chi connectivity index (χ2n) is 5.84. The first-order valence-corrected chi connectivity index (χ1v) is 8.10. The molecule has 1 fully saturated rings. The number of aromatic amines is 1. The Morgan fingerprint density at radius 1 is 1.12 bits per heavy atom. The first-order valence-electron chi connectivity index (χ1n) is 8.10. The molecule has 2 aromatic heterocycles. The van der Waals surface area contributed by atoms with E-state index in [1.165, 1.54) is 0 Å². The van der Waals surface area contributed by atoms with Crippen LogP contribution >= 0.6 is 0 Å². The third-order valence-electron chi connectivity index (χ3n) is 4.29. The monoisotopic (exact) mass is 321 g/mol. The average Bonchev–Trinajstić information content (AvgIpc) is 3.12. The second-order valence-corrected chi connectivity index (χ2v) is 5.84. The fraction of sp³-hybridized carbons (Fsp3) is 0.222. The Hall–Kier alpha value is -2.86. The molecule has 24 heavy (non-hydrogen) atoms. The van der Waals surface area contributed by atoms with Crippen molar-refractivity contribution in [3.63, 3.8) is 0 Å². The quantitative estimate of drug-likeness (QED) is 0.692. The summed E-state index contributed by atoms with van der Waals surface area (Å²) in [7, 11) is 0. The van der Waals surface area contributed by atoms with E-state index in [1.807, 2.05) is 42.6 Å². The van der Waals surface area contributed by atoms with Gasteiger partial charge < -0.3 is 20.5 Å². The number of H-pyrrole nitrogens is 1. The van der Waals surface area contributed by atoms with E-state index in [0.29, 0.717) is 11.3 Å². The molecule has 1 aliphatic rings. The van der Waals surface area contributed by atoms with Crippen molar-refractivity contribution < 1.29 is 4.79 Å². The number of fused-ring (bicyclic) bond motifs is 1. The van der Waals surface area contributed by atoms with Crippen LogP contribution in [0.4, 0.5) is 11.5 Å². The molecule has 1 aliphatic heterocycles. The number of pyridine rings is 1. The lowest BCUT2D eigenvalue weighted by Gasteiger charge is -2.28. The summed E-state index contributed by atoms with van der Waals surface area (Å²) in [5, 5.41) is 7.16. The molecule has 1 aromatic carbocycles. The Balaban J connectivity index is 1.50. The van der Waals surface area contributed by atoms with Gasteiger partial charge in [0.15, 0.2) is 0 Å². The van der Waals surface area contributed by atoms with Crippen LogP contribution in [0.2, 0.25) is 0 Å². The van der Waals surface area contributed by atoms with Crippen LogP contribution in [0, 0.1) is 0 Å². The number of carbonyl (C=O) groups is 1. The van der Waals surface area contributed by atoms with Gasteiger partial charge in [-0.2, -0.15) is 0 Å². The van der Waals surface area contributed by atoms with Gasteiger partial charge in [0, 0.05) is 48.8 Å². The predicted molar refractivity (Wildman–Crippen MR) is 95.6 cm³/mol. The molecule has 0 aliphatic carbocycles. The fourth-order valence-corrected chi connectivity index (χ4v) is 3.02. The van der Waals surface area contributed by atoms with Crippen molar-refractivity contribution in [2.75, 3.05) is 36.4 Å². The second kappa shape index (κ2) is 6.33. The zero-order valence-electron chi connectivity index (χ0n) is 13.2. The van der Waals surface area contributed by atoms with Gasteiger partial charge in [-0.3, -0.25) is 4.79 Å². The van der Waals surface area contributed by atoms with Crippen molar-refractivity contribution in [1.82, 2.24) is 15.3 Å². The highest BCUT2D eigenvalue weighted by Gasteiger charge is 2.13. The Labute approximate surface area is 139 Å². The van der Waals surface area contributed by atoms with Gasteiger partial charge in [0.25, 0.3) is 5.91 Å². The summed E-state index contributed by atoms with van der Waals surface area (Å²) in [6.45, 7) is 3.85. The lowest BCUT2D eigenvalue weighted by molar-refractivity contribution is 0.102. The Bertz CT molecular complexity index is 849. The van der Waals surface area contributed by atoms with Crippen LogP contribution in [0.25, 0.3) is 10.9 Å². The largest absolute Gasteiger partial charge is 0.361 e. The lowest BCUT2D eigenvalue weighted by Crippen LogP contribution is -2.43. The van der Waals surface area contributed by atoms with E-state index in [1.54, 1.807) is 6.20 Å². The lowest BCUT2D eigenvalue weighted by atomic mass is 10.1. The number of nitrogens with one attached hydrogen (secondary N) is 3. The molecule has 3 N–H and O–H groups in total. The Morgan fingerprint density at radius 2 is 2.00 bits per heavy atom. The smallest absolute Gasteiger partial charge is 0.256 e. The standard InChI is InChI=1S/C18H19N5O/c24-18(15-2-1-3-16-14(15)6-7-20-16)22-13-4-5-17(21-12-13)23-10-8-19-9-11-23/h1-7,12,19-20H,8-11H2,(H,22,24). The Morgan fingerprint density at radius 3 is 2.79 bits per heavy atom. The van der Waals surface area contributed by atoms with Gasteiger partial charge in [0.2, 0.25) is 0 Å². The molecule has 0 saturated carbocycles. The van der Waals surface area contributed by atoms with Crippen LogP contribution in [0.5, 0.6) is 0 Å². The molecular weight excluding hydrogens is 302 g/mol. The van der Waals surface area contributed by atoms with E-state index in [2.05, 4.69) is 25.5 Å². The number of hydrogen-bond donors (Lipinski definition) is 3. The van der Waals surface area contributed by atoms with Crippen molar-refractivity contribution in [1.29, 1.82) is 0 Å². The number of nitrogens with zero attached hydrogens (tertiary/aromatic N) is 2. The molecule has 0 unspecified atom stereocenters. The minimum Gasteiger partial charge on any atom is -0.361 e. The van der Waals surface area contributed by atoms with Crippen molar-refractivity contribution in [2.45, 2.75) is 0 Å². The van der Waals surface area contributed by atoms with Gasteiger partial charge in [-0.15, -0.1) is 0 Å². The van der Waals surface area contributed by atoms with Crippen molar-refractivity contribution >= 4 is 28.3 Å². The topological polar surface area (TPSA) is 73.1 Å². The molecule has 1 amide bonds. The minimum atomic E-state index is -0.128. The van der Waals surface area contributed by atoms with Gasteiger partial charge in [-0.05, 0) is 30.3 Å². The van der Waals surface area contributed by atoms with E-state index < -0.39 is 0 Å². The van der Waals surface area contributed by atoms with Crippen LogP contribution in [0.15, 0.2) is 48.8 Å². The summed E-state index contributed by atoms with van der Waals surface area (Å²) in [5.41, 5.74) is 2.31. The average molecular weight is 321 g/mol. The minimum absolute atomic E-state index is 0.128. The van der Waals surface area contributed by atoms with Gasteiger partial charge >= 0.3 is 0 Å². The number of benzene rings is 1. The molecule has 1 saturated heterocycles. The SMILES string of the molecule is O=C(Nc1ccc(N2CCNCC2)nc1)c1cccc2[nH]ccc12. The summed E-state index contributed by atoms with van der Waals surface area (Å²) in [4.78, 5) is 22.4. The molecule has 0 radical (unpaired) electrons. The predicted octanol–water partition coefficient (Wildman–Crippen LogP) is 2.22. The summed E-state index contributed by atoms with van der Waals surface area (Å²) >= 11 is 0. The van der Waals surface area contributed by atoms with Gasteiger partial charge in [-0.25, -0.2) is 4.98 Å². The summed E-state index contributed by atoms with van der Waals surface area (Å²) in [6, 6.07) is 11.4. The highest BCUT2D eigenvalue weighted by atomic mass is 16.1. The first-order chi connectivity index (χ1) is 11.8. The molecular formula is C18H19N5O. The van der Waals surface area contributed by atoms with E-state index in [-0.39, 0.29) is 5.91 Å². The zero-order chi connectivity index (χ0) is 16.4. The maximum Gasteiger partial charge on any atom is 0.256 e. The van der Waals surface area contributed by atoms with Crippen molar-refractivity contribution in [2.24, 2.45) is 0 Å². The van der Waals surface area contributed by atoms with E-state index in [9.17, 15) is 4.79 Å². The number of piperazine rings is 1. The van der Waals surface area contributed by atoms with E-state index in [4.69, 9.17) is 0 Å². The van der Waals surface area contributed by atoms with Gasteiger partial charge in [0.05, 0.1) is 11.9 Å². The van der Waals surface area contributed by atoms with Gasteiger partial charge in [-0.1, -0.05) is 6.07 Å². The molecule has 6 heteroatoms. The molecule has 0 bridgehead atoms. The molecule has 6 nitrogen and oxygen atoms in total. The van der Waals surface area contributed by atoms with Crippen LogP contribution < -0.4 is 15.5 Å². The maximum atomic E-state index is 12.5. The normalized spacial score (nSPS) is 14.8. The third-order valence-corrected chi connectivity index (χ3v) is 4.29. The number of rotatable bonds is 3. The number of carbonyl (C=O) groups excluding carboxylic acids is 1. The fourth-order valence-electron chi connectivity index (χ4n) is 3.02. The van der Waals surface area contributed by atoms with Crippen LogP contribution in [-0.2, 0) is 0 Å². The zero-order valence-corrected chi connectivity index (χ0v) is 13.2. The molecule has 3 heterocycles. The molecule has 0 spiro atoms. The third kappa shape index (κ3) is 2.83. The van der Waals surface area contributed by atoms with E-state index >= 15 is 0 Å². The molecule has 3 aromatic rings.